The van der Waals surface area contributed by atoms with Gasteiger partial charge in [0.1, 0.15) is 6.04 Å². The Morgan fingerprint density at radius 2 is 2.00 bits per heavy atom. The molecule has 1 unspecified atom stereocenters. The molecule has 0 saturated heterocycles. The van der Waals surface area contributed by atoms with Crippen LogP contribution in [0.2, 0.25) is 0 Å². The Hall–Kier alpha value is -0.620. The van der Waals surface area contributed by atoms with E-state index in [1.807, 2.05) is 0 Å². The molecule has 0 aliphatic rings. The van der Waals surface area contributed by atoms with Gasteiger partial charge in [0.2, 0.25) is 0 Å². The van der Waals surface area contributed by atoms with Crippen LogP contribution in [0.25, 0.3) is 0 Å². The first-order valence-corrected chi connectivity index (χ1v) is 4.44. The Labute approximate surface area is 77.9 Å². The molecule has 3 N–H and O–H groups in total. The molecule has 0 saturated carbocycles. The van der Waals surface area contributed by atoms with Gasteiger partial charge in [-0.05, 0) is 6.42 Å². The van der Waals surface area contributed by atoms with Crippen LogP contribution in [0.15, 0.2) is 0 Å². The third kappa shape index (κ3) is 5.09. The highest BCUT2D eigenvalue weighted by Gasteiger charge is 2.16. The van der Waals surface area contributed by atoms with Crippen LogP contribution in [0.1, 0.15) is 6.42 Å². The summed E-state index contributed by atoms with van der Waals surface area (Å²) in [6.45, 7) is -0.329. The monoisotopic (exact) mass is 239 g/mol. The quantitative estimate of drug-likeness (QED) is 0.564. The summed E-state index contributed by atoms with van der Waals surface area (Å²) in [5.41, 5.74) is 0. The van der Waals surface area contributed by atoms with E-state index in [1.54, 1.807) is 0 Å². The molecule has 0 radical (unpaired) electrons. The molecule has 0 bridgehead atoms. The first-order valence-electron chi connectivity index (χ1n) is 3.32. The molecule has 5 nitrogen and oxygen atoms in total. The second-order valence-electron chi connectivity index (χ2n) is 2.14. The Balaban J connectivity index is 3.79. The first-order chi connectivity index (χ1) is 5.57. The summed E-state index contributed by atoms with van der Waals surface area (Å²) < 4.78 is 0. The normalized spacial score (nSPS) is 12.4. The number of halogens is 1. The molecule has 6 heteroatoms. The fraction of sp³-hybridized carbons (Fsp3) is 0.667. The molecular weight excluding hydrogens is 230 g/mol. The van der Waals surface area contributed by atoms with E-state index in [4.69, 9.17) is 10.2 Å². The lowest BCUT2D eigenvalue weighted by molar-refractivity contribution is -0.140. The maximum atomic E-state index is 10.4. The van der Waals surface area contributed by atoms with Crippen molar-refractivity contribution >= 4 is 27.9 Å². The molecule has 70 valence electrons. The Morgan fingerprint density at radius 1 is 1.42 bits per heavy atom. The van der Waals surface area contributed by atoms with E-state index in [0.29, 0.717) is 11.8 Å². The molecule has 0 spiro atoms. The fourth-order valence-electron chi connectivity index (χ4n) is 0.632. The van der Waals surface area contributed by atoms with Crippen LogP contribution in [0.4, 0.5) is 0 Å². The van der Waals surface area contributed by atoms with E-state index in [1.165, 1.54) is 0 Å². The van der Waals surface area contributed by atoms with Crippen LogP contribution in [0.3, 0.4) is 0 Å². The molecule has 0 fully saturated rings. The number of hydrogen-bond donors (Lipinski definition) is 3. The van der Waals surface area contributed by atoms with Crippen LogP contribution in [-0.2, 0) is 9.59 Å². The summed E-state index contributed by atoms with van der Waals surface area (Å²) >= 11 is 3.07. The smallest absolute Gasteiger partial charge is 0.320 e. The molecule has 1 atom stereocenters. The molecule has 0 rings (SSSR count). The topological polar surface area (TPSA) is 86.6 Å². The van der Waals surface area contributed by atoms with E-state index in [2.05, 4.69) is 21.2 Å². The van der Waals surface area contributed by atoms with Gasteiger partial charge in [-0.3, -0.25) is 14.9 Å². The Kier molecular flexibility index (Phi) is 5.65. The average molecular weight is 240 g/mol. The van der Waals surface area contributed by atoms with Gasteiger partial charge >= 0.3 is 11.9 Å². The van der Waals surface area contributed by atoms with Gasteiger partial charge in [0.05, 0.1) is 6.54 Å². The Morgan fingerprint density at radius 3 is 2.33 bits per heavy atom. The fourth-order valence-corrected chi connectivity index (χ4v) is 1.09. The van der Waals surface area contributed by atoms with E-state index < -0.39 is 18.0 Å². The standard InChI is InChI=1S/C6H10BrNO4/c7-2-1-4(6(11)12)8-3-5(9)10/h4,8H,1-3H2,(H,9,10)(H,11,12). The summed E-state index contributed by atoms with van der Waals surface area (Å²) in [4.78, 5) is 20.5. The Bertz CT molecular complexity index is 173. The van der Waals surface area contributed by atoms with E-state index in [-0.39, 0.29) is 6.54 Å². The van der Waals surface area contributed by atoms with Crippen molar-refractivity contribution in [1.29, 1.82) is 0 Å². The number of nitrogens with one attached hydrogen (secondary N) is 1. The van der Waals surface area contributed by atoms with E-state index >= 15 is 0 Å². The van der Waals surface area contributed by atoms with Crippen molar-refractivity contribution in [3.05, 3.63) is 0 Å². The molecule has 0 aromatic carbocycles. The number of hydrogen-bond acceptors (Lipinski definition) is 3. The molecule has 0 aromatic rings. The zero-order valence-corrected chi connectivity index (χ0v) is 7.87. The molecule has 0 aliphatic carbocycles. The number of alkyl halides is 1. The second kappa shape index (κ2) is 5.96. The predicted octanol–water partition coefficient (Wildman–Crippen LogP) is -0.101. The van der Waals surface area contributed by atoms with Crippen molar-refractivity contribution in [1.82, 2.24) is 5.32 Å². The summed E-state index contributed by atoms with van der Waals surface area (Å²) in [7, 11) is 0. The molecule has 0 heterocycles. The van der Waals surface area contributed by atoms with Gasteiger partial charge in [-0.25, -0.2) is 0 Å². The zero-order chi connectivity index (χ0) is 9.56. The molecule has 0 aromatic heterocycles. The number of rotatable bonds is 6. The summed E-state index contributed by atoms with van der Waals surface area (Å²) in [6.07, 6.45) is 0.364. The van der Waals surface area contributed by atoms with Crippen LogP contribution < -0.4 is 5.32 Å². The van der Waals surface area contributed by atoms with Crippen molar-refractivity contribution in [2.75, 3.05) is 11.9 Å². The van der Waals surface area contributed by atoms with Crippen molar-refractivity contribution in [3.8, 4) is 0 Å². The van der Waals surface area contributed by atoms with Gasteiger partial charge in [0, 0.05) is 5.33 Å². The number of carboxylic acids is 2. The number of aliphatic carboxylic acids is 2. The van der Waals surface area contributed by atoms with Gasteiger partial charge in [0.15, 0.2) is 0 Å². The largest absolute Gasteiger partial charge is 0.480 e. The van der Waals surface area contributed by atoms with Crippen molar-refractivity contribution < 1.29 is 19.8 Å². The van der Waals surface area contributed by atoms with E-state index in [9.17, 15) is 9.59 Å². The number of carbonyl (C=O) groups is 2. The molecule has 0 amide bonds. The minimum absolute atomic E-state index is 0.329. The van der Waals surface area contributed by atoms with Crippen LogP contribution in [0, 0.1) is 0 Å². The van der Waals surface area contributed by atoms with Crippen LogP contribution >= 0.6 is 15.9 Å². The third-order valence-corrected chi connectivity index (χ3v) is 1.65. The lowest BCUT2D eigenvalue weighted by atomic mass is 10.2. The minimum Gasteiger partial charge on any atom is -0.480 e. The van der Waals surface area contributed by atoms with E-state index in [0.717, 1.165) is 0 Å². The summed E-state index contributed by atoms with van der Waals surface area (Å²) in [5, 5.41) is 19.7. The van der Waals surface area contributed by atoms with Crippen LogP contribution in [0.5, 0.6) is 0 Å². The zero-order valence-electron chi connectivity index (χ0n) is 6.29. The van der Waals surface area contributed by atoms with Crippen molar-refractivity contribution in [2.45, 2.75) is 12.5 Å². The van der Waals surface area contributed by atoms with Crippen molar-refractivity contribution in [2.24, 2.45) is 0 Å². The lowest BCUT2D eigenvalue weighted by Gasteiger charge is -2.10. The highest BCUT2D eigenvalue weighted by Crippen LogP contribution is 1.95. The van der Waals surface area contributed by atoms with Gasteiger partial charge in [-0.2, -0.15) is 0 Å². The predicted molar refractivity (Wildman–Crippen MR) is 45.5 cm³/mol. The highest BCUT2D eigenvalue weighted by molar-refractivity contribution is 9.09. The number of carboxylic acid groups (broad SMARTS) is 2. The highest BCUT2D eigenvalue weighted by atomic mass is 79.9. The second-order valence-corrected chi connectivity index (χ2v) is 2.94. The van der Waals surface area contributed by atoms with Gasteiger partial charge in [-0.1, -0.05) is 15.9 Å². The first kappa shape index (κ1) is 11.4. The molecule has 0 aliphatic heterocycles. The lowest BCUT2D eigenvalue weighted by Crippen LogP contribution is -2.39. The molecular formula is C6H10BrNO4. The van der Waals surface area contributed by atoms with Gasteiger partial charge < -0.3 is 10.2 Å². The minimum atomic E-state index is -1.06. The van der Waals surface area contributed by atoms with Crippen molar-refractivity contribution in [3.63, 3.8) is 0 Å². The summed E-state index contributed by atoms with van der Waals surface area (Å²) in [5.74, 6) is -2.09. The van der Waals surface area contributed by atoms with Gasteiger partial charge in [0.25, 0.3) is 0 Å². The van der Waals surface area contributed by atoms with Gasteiger partial charge in [-0.15, -0.1) is 0 Å². The third-order valence-electron chi connectivity index (χ3n) is 1.20. The maximum Gasteiger partial charge on any atom is 0.320 e. The van der Waals surface area contributed by atoms with Crippen LogP contribution in [-0.4, -0.2) is 40.1 Å². The maximum absolute atomic E-state index is 10.4. The summed E-state index contributed by atoms with van der Waals surface area (Å²) in [6, 6.07) is -0.791. The molecule has 12 heavy (non-hydrogen) atoms. The SMILES string of the molecule is O=C(O)CNC(CCBr)C(=O)O. The average Bonchev–Trinajstić information content (AvgIpc) is 1.96.